The first-order chi connectivity index (χ1) is 8.20. The Morgan fingerprint density at radius 3 is 2.50 bits per heavy atom. The molecule has 0 unspecified atom stereocenters. The lowest BCUT2D eigenvalue weighted by Crippen LogP contribution is -2.27. The van der Waals surface area contributed by atoms with Gasteiger partial charge < -0.3 is 4.74 Å². The summed E-state index contributed by atoms with van der Waals surface area (Å²) in [6, 6.07) is 7.75. The predicted molar refractivity (Wildman–Crippen MR) is 77.2 cm³/mol. The zero-order valence-corrected chi connectivity index (χ0v) is 13.5. The Labute approximate surface area is 121 Å². The number of ether oxygens (including phenoxy) is 1. The first-order valence-electron chi connectivity index (χ1n) is 5.43. The molecule has 3 nitrogen and oxygen atoms in total. The average molecular weight is 356 g/mol. The van der Waals surface area contributed by atoms with E-state index in [1.54, 1.807) is 0 Å². The Morgan fingerprint density at radius 2 is 1.94 bits per heavy atom. The predicted octanol–water partition coefficient (Wildman–Crippen LogP) is 3.56. The van der Waals surface area contributed by atoms with Gasteiger partial charge in [0.15, 0.2) is 0 Å². The van der Waals surface area contributed by atoms with Crippen molar-refractivity contribution in [3.8, 4) is 0 Å². The van der Waals surface area contributed by atoms with Crippen molar-refractivity contribution in [2.24, 2.45) is 5.41 Å². The Kier molecular flexibility index (Phi) is 5.65. The summed E-state index contributed by atoms with van der Waals surface area (Å²) in [7, 11) is 1.75. The minimum absolute atomic E-state index is 0.0997. The summed E-state index contributed by atoms with van der Waals surface area (Å²) in [6.07, 6.45) is 0. The van der Waals surface area contributed by atoms with Gasteiger partial charge in [0.05, 0.1) is 19.0 Å². The van der Waals surface area contributed by atoms with Crippen molar-refractivity contribution in [2.75, 3.05) is 12.4 Å². The monoisotopic (exact) mass is 354 g/mol. The molecule has 0 atom stereocenters. The van der Waals surface area contributed by atoms with Gasteiger partial charge in [-0.05, 0) is 11.6 Å². The van der Waals surface area contributed by atoms with E-state index in [2.05, 4.69) is 15.9 Å². The van der Waals surface area contributed by atoms with Crippen LogP contribution in [0, 0.1) is 5.41 Å². The number of hydrogen-bond donors (Lipinski definition) is 0. The molecule has 0 aliphatic rings. The summed E-state index contributed by atoms with van der Waals surface area (Å²) >= 11 is 3.43. The zero-order chi connectivity index (χ0) is 13.8. The molecule has 0 N–H and O–H groups in total. The fraction of sp³-hybridized carbons (Fsp3) is 0.500. The van der Waals surface area contributed by atoms with Gasteiger partial charge in [-0.3, -0.25) is 0 Å². The molecule has 18 heavy (non-hydrogen) atoms. The van der Waals surface area contributed by atoms with E-state index in [0.29, 0.717) is 13.2 Å². The molecular formula is C12H16BrClO3S. The van der Waals surface area contributed by atoms with Crippen LogP contribution in [0.4, 0.5) is 0 Å². The van der Waals surface area contributed by atoms with E-state index in [9.17, 15) is 8.42 Å². The van der Waals surface area contributed by atoms with Crippen LogP contribution in [0.5, 0.6) is 0 Å². The summed E-state index contributed by atoms with van der Waals surface area (Å²) in [4.78, 5) is 0. The van der Waals surface area contributed by atoms with Crippen molar-refractivity contribution in [3.63, 3.8) is 0 Å². The summed E-state index contributed by atoms with van der Waals surface area (Å²) in [5, 5.41) is 0. The largest absolute Gasteiger partial charge is 0.376 e. The maximum absolute atomic E-state index is 11.0. The van der Waals surface area contributed by atoms with Gasteiger partial charge in [-0.1, -0.05) is 48.0 Å². The van der Waals surface area contributed by atoms with Crippen LogP contribution in [0.2, 0.25) is 0 Å². The molecule has 6 heteroatoms. The van der Waals surface area contributed by atoms with Gasteiger partial charge in [0.1, 0.15) is 0 Å². The Bertz CT molecular complexity index is 500. The van der Waals surface area contributed by atoms with Crippen LogP contribution in [-0.4, -0.2) is 20.8 Å². The van der Waals surface area contributed by atoms with Gasteiger partial charge in [-0.2, -0.15) is 0 Å². The molecule has 0 aliphatic heterocycles. The minimum atomic E-state index is -3.50. The highest BCUT2D eigenvalue weighted by Crippen LogP contribution is 2.22. The first-order valence-corrected chi connectivity index (χ1v) is 8.70. The normalized spacial score (nSPS) is 12.7. The maximum Gasteiger partial charge on any atom is 0.233 e. The molecule has 1 aromatic carbocycles. The fourth-order valence-electron chi connectivity index (χ4n) is 1.56. The number of halogens is 2. The highest BCUT2D eigenvalue weighted by atomic mass is 79.9. The van der Waals surface area contributed by atoms with E-state index >= 15 is 0 Å². The highest BCUT2D eigenvalue weighted by Gasteiger charge is 2.25. The van der Waals surface area contributed by atoms with E-state index < -0.39 is 14.5 Å². The minimum Gasteiger partial charge on any atom is -0.376 e. The third-order valence-electron chi connectivity index (χ3n) is 2.27. The zero-order valence-electron chi connectivity index (χ0n) is 10.3. The summed E-state index contributed by atoms with van der Waals surface area (Å²) in [5.74, 6) is -0.0997. The number of benzene rings is 1. The fourth-order valence-corrected chi connectivity index (χ4v) is 3.86. The van der Waals surface area contributed by atoms with Crippen LogP contribution < -0.4 is 0 Å². The van der Waals surface area contributed by atoms with Crippen molar-refractivity contribution >= 4 is 35.7 Å². The lowest BCUT2D eigenvalue weighted by atomic mass is 9.98. The van der Waals surface area contributed by atoms with Gasteiger partial charge in [0.2, 0.25) is 9.05 Å². The van der Waals surface area contributed by atoms with Crippen LogP contribution >= 0.6 is 26.6 Å². The molecule has 0 saturated carbocycles. The van der Waals surface area contributed by atoms with Crippen LogP contribution in [0.25, 0.3) is 0 Å². The van der Waals surface area contributed by atoms with E-state index in [1.807, 2.05) is 38.1 Å². The summed E-state index contributed by atoms with van der Waals surface area (Å²) in [5.41, 5.74) is 0.531. The molecule has 0 spiro atoms. The van der Waals surface area contributed by atoms with Gasteiger partial charge >= 0.3 is 0 Å². The third-order valence-corrected chi connectivity index (χ3v) is 4.50. The van der Waals surface area contributed by atoms with Crippen molar-refractivity contribution in [1.82, 2.24) is 0 Å². The number of hydrogen-bond acceptors (Lipinski definition) is 3. The number of rotatable bonds is 6. The Hall–Kier alpha value is -0.100. The lowest BCUT2D eigenvalue weighted by molar-refractivity contribution is 0.0611. The molecule has 0 radical (unpaired) electrons. The second-order valence-electron chi connectivity index (χ2n) is 4.93. The molecule has 0 amide bonds. The van der Waals surface area contributed by atoms with Crippen LogP contribution in [0.1, 0.15) is 19.4 Å². The lowest BCUT2D eigenvalue weighted by Gasteiger charge is -2.22. The Morgan fingerprint density at radius 1 is 1.33 bits per heavy atom. The smallest absolute Gasteiger partial charge is 0.233 e. The van der Waals surface area contributed by atoms with Crippen LogP contribution in [0.15, 0.2) is 28.7 Å². The molecule has 0 bridgehead atoms. The third kappa shape index (κ3) is 6.18. The topological polar surface area (TPSA) is 43.4 Å². The van der Waals surface area contributed by atoms with E-state index in [0.717, 1.165) is 10.0 Å². The van der Waals surface area contributed by atoms with Gasteiger partial charge in [0.25, 0.3) is 0 Å². The maximum atomic E-state index is 11.0. The van der Waals surface area contributed by atoms with E-state index in [1.165, 1.54) is 0 Å². The van der Waals surface area contributed by atoms with E-state index in [-0.39, 0.29) is 5.75 Å². The molecule has 0 saturated heterocycles. The van der Waals surface area contributed by atoms with Crippen LogP contribution in [0.3, 0.4) is 0 Å². The molecule has 1 aromatic rings. The van der Waals surface area contributed by atoms with Crippen LogP contribution in [-0.2, 0) is 20.4 Å². The SMILES string of the molecule is CC(C)(COCc1ccccc1Br)CS(=O)(=O)Cl. The van der Waals surface area contributed by atoms with Gasteiger partial charge in [0, 0.05) is 20.6 Å². The first kappa shape index (κ1) is 16.0. The molecule has 0 heterocycles. The molecule has 0 fully saturated rings. The highest BCUT2D eigenvalue weighted by molar-refractivity contribution is 9.10. The second kappa shape index (κ2) is 6.37. The van der Waals surface area contributed by atoms with Crippen molar-refractivity contribution in [1.29, 1.82) is 0 Å². The van der Waals surface area contributed by atoms with Crippen molar-refractivity contribution < 1.29 is 13.2 Å². The second-order valence-corrected chi connectivity index (χ2v) is 8.56. The molecular weight excluding hydrogens is 340 g/mol. The average Bonchev–Trinajstić information content (AvgIpc) is 2.17. The standard InChI is InChI=1S/C12H16BrClO3S/c1-12(2,9-18(14,15)16)8-17-7-10-5-3-4-6-11(10)13/h3-6H,7-9H2,1-2H3. The Balaban J connectivity index is 2.49. The molecule has 1 rings (SSSR count). The van der Waals surface area contributed by atoms with Crippen molar-refractivity contribution in [3.05, 3.63) is 34.3 Å². The summed E-state index contributed by atoms with van der Waals surface area (Å²) < 4.78 is 28.6. The van der Waals surface area contributed by atoms with Gasteiger partial charge in [-0.25, -0.2) is 8.42 Å². The molecule has 0 aliphatic carbocycles. The van der Waals surface area contributed by atoms with Gasteiger partial charge in [-0.15, -0.1) is 0 Å². The molecule has 0 aromatic heterocycles. The summed E-state index contributed by atoms with van der Waals surface area (Å²) in [6.45, 7) is 4.40. The van der Waals surface area contributed by atoms with E-state index in [4.69, 9.17) is 15.4 Å². The molecule has 102 valence electrons. The quantitative estimate of drug-likeness (QED) is 0.733. The van der Waals surface area contributed by atoms with Crippen molar-refractivity contribution in [2.45, 2.75) is 20.5 Å².